The molecule has 2 heteroatoms. The molecule has 0 aliphatic heterocycles. The molecule has 0 amide bonds. The van der Waals surface area contributed by atoms with Crippen LogP contribution in [-0.2, 0) is 4.74 Å². The third kappa shape index (κ3) is 9.75. The van der Waals surface area contributed by atoms with Gasteiger partial charge in [0.1, 0.15) is 6.10 Å². The molecule has 2 nitrogen and oxygen atoms in total. The van der Waals surface area contributed by atoms with E-state index in [4.69, 9.17) is 4.74 Å². The molecule has 0 radical (unpaired) electrons. The maximum absolute atomic E-state index is 12.2. The van der Waals surface area contributed by atoms with Crippen molar-refractivity contribution >= 4 is 5.97 Å². The van der Waals surface area contributed by atoms with E-state index in [9.17, 15) is 4.79 Å². The van der Waals surface area contributed by atoms with Crippen LogP contribution in [0.25, 0.3) is 0 Å². The first-order chi connectivity index (χ1) is 11.8. The Labute approximate surface area is 149 Å². The molecule has 0 N–H and O–H groups in total. The minimum absolute atomic E-state index is 0.0762. The summed E-state index contributed by atoms with van der Waals surface area (Å²) in [6, 6.07) is 9.33. The zero-order valence-electron chi connectivity index (χ0n) is 15.8. The molecular weight excluding hydrogens is 296 g/mol. The molecule has 24 heavy (non-hydrogen) atoms. The molecule has 0 fully saturated rings. The highest BCUT2D eigenvalue weighted by atomic mass is 16.5. The third-order valence-corrected chi connectivity index (χ3v) is 4.52. The van der Waals surface area contributed by atoms with Gasteiger partial charge in [-0.1, -0.05) is 89.8 Å². The summed E-state index contributed by atoms with van der Waals surface area (Å²) in [4.78, 5) is 12.2. The smallest absolute Gasteiger partial charge is 0.338 e. The number of rotatable bonds is 14. The van der Waals surface area contributed by atoms with Crippen molar-refractivity contribution in [2.45, 2.75) is 97.0 Å². The van der Waals surface area contributed by atoms with Gasteiger partial charge < -0.3 is 4.74 Å². The van der Waals surface area contributed by atoms with Crippen molar-refractivity contribution in [3.05, 3.63) is 35.9 Å². The Balaban J connectivity index is 2.16. The molecular formula is C22H36O2. The number of benzene rings is 1. The number of ether oxygens (including phenoxy) is 1. The molecule has 0 spiro atoms. The lowest BCUT2D eigenvalue weighted by molar-refractivity contribution is 0.0253. The monoisotopic (exact) mass is 332 g/mol. The van der Waals surface area contributed by atoms with Gasteiger partial charge in [-0.2, -0.15) is 0 Å². The second kappa shape index (κ2) is 14.1. The van der Waals surface area contributed by atoms with E-state index >= 15 is 0 Å². The Bertz CT molecular complexity index is 413. The number of carbonyl (C=O) groups is 1. The van der Waals surface area contributed by atoms with E-state index in [1.54, 1.807) is 0 Å². The zero-order chi connectivity index (χ0) is 17.5. The number of hydrogen-bond donors (Lipinski definition) is 0. The van der Waals surface area contributed by atoms with E-state index in [0.717, 1.165) is 19.3 Å². The molecule has 0 heterocycles. The van der Waals surface area contributed by atoms with Crippen LogP contribution in [0.4, 0.5) is 0 Å². The molecule has 136 valence electrons. The number of hydrogen-bond acceptors (Lipinski definition) is 2. The Hall–Kier alpha value is -1.31. The second-order valence-electron chi connectivity index (χ2n) is 6.80. The molecule has 1 rings (SSSR count). The van der Waals surface area contributed by atoms with Crippen LogP contribution in [0.15, 0.2) is 30.3 Å². The van der Waals surface area contributed by atoms with E-state index in [2.05, 4.69) is 13.8 Å². The van der Waals surface area contributed by atoms with Crippen molar-refractivity contribution < 1.29 is 9.53 Å². The summed E-state index contributed by atoms with van der Waals surface area (Å²) in [7, 11) is 0. The van der Waals surface area contributed by atoms with Crippen LogP contribution in [0.1, 0.15) is 101 Å². The predicted molar refractivity (Wildman–Crippen MR) is 102 cm³/mol. The van der Waals surface area contributed by atoms with Crippen molar-refractivity contribution in [1.29, 1.82) is 0 Å². The summed E-state index contributed by atoms with van der Waals surface area (Å²) < 4.78 is 5.71. The van der Waals surface area contributed by atoms with Crippen LogP contribution in [0.2, 0.25) is 0 Å². The molecule has 0 aliphatic carbocycles. The Morgan fingerprint density at radius 1 is 0.792 bits per heavy atom. The van der Waals surface area contributed by atoms with Gasteiger partial charge in [-0.25, -0.2) is 4.79 Å². The van der Waals surface area contributed by atoms with Gasteiger partial charge in [-0.3, -0.25) is 0 Å². The van der Waals surface area contributed by atoms with Gasteiger partial charge in [0.15, 0.2) is 0 Å². The molecule has 0 saturated carbocycles. The van der Waals surface area contributed by atoms with Crippen LogP contribution in [0, 0.1) is 0 Å². The van der Waals surface area contributed by atoms with Crippen LogP contribution < -0.4 is 0 Å². The number of esters is 1. The Kier molecular flexibility index (Phi) is 12.2. The summed E-state index contributed by atoms with van der Waals surface area (Å²) in [5, 5.41) is 0. The van der Waals surface area contributed by atoms with Crippen LogP contribution in [0.3, 0.4) is 0 Å². The van der Waals surface area contributed by atoms with E-state index in [1.807, 2.05) is 30.3 Å². The van der Waals surface area contributed by atoms with Crippen molar-refractivity contribution in [1.82, 2.24) is 0 Å². The fourth-order valence-corrected chi connectivity index (χ4v) is 3.06. The molecule has 0 bridgehead atoms. The van der Waals surface area contributed by atoms with Gasteiger partial charge in [-0.15, -0.1) is 0 Å². The third-order valence-electron chi connectivity index (χ3n) is 4.52. The number of unbranched alkanes of at least 4 members (excludes halogenated alkanes) is 8. The number of carbonyl (C=O) groups excluding carboxylic acids is 1. The standard InChI is InChI=1S/C22H36O2/c1-3-5-6-7-8-9-10-11-15-19-21(16-4-2)24-22(23)20-17-13-12-14-18-20/h12-14,17-18,21H,3-11,15-16,19H2,1-2H3. The van der Waals surface area contributed by atoms with Crippen LogP contribution in [0.5, 0.6) is 0 Å². The lowest BCUT2D eigenvalue weighted by atomic mass is 10.0. The summed E-state index contributed by atoms with van der Waals surface area (Å²) in [5.41, 5.74) is 0.658. The van der Waals surface area contributed by atoms with Crippen molar-refractivity contribution in [2.24, 2.45) is 0 Å². The zero-order valence-corrected chi connectivity index (χ0v) is 15.8. The first-order valence-electron chi connectivity index (χ1n) is 10.0. The first kappa shape index (κ1) is 20.7. The fraction of sp³-hybridized carbons (Fsp3) is 0.682. The Morgan fingerprint density at radius 2 is 1.38 bits per heavy atom. The summed E-state index contributed by atoms with van der Waals surface area (Å²) in [5.74, 6) is -0.176. The normalized spacial score (nSPS) is 12.1. The maximum Gasteiger partial charge on any atom is 0.338 e. The molecule has 0 aromatic heterocycles. The van der Waals surface area contributed by atoms with Crippen molar-refractivity contribution in [3.8, 4) is 0 Å². The van der Waals surface area contributed by atoms with Gasteiger partial charge in [0.2, 0.25) is 0 Å². The minimum atomic E-state index is -0.176. The highest BCUT2D eigenvalue weighted by Gasteiger charge is 2.14. The van der Waals surface area contributed by atoms with Crippen molar-refractivity contribution in [3.63, 3.8) is 0 Å². The largest absolute Gasteiger partial charge is 0.459 e. The predicted octanol–water partition coefficient (Wildman–Crippen LogP) is 6.93. The van der Waals surface area contributed by atoms with Gasteiger partial charge in [0, 0.05) is 0 Å². The van der Waals surface area contributed by atoms with Gasteiger partial charge in [-0.05, 0) is 31.4 Å². The summed E-state index contributed by atoms with van der Waals surface area (Å²) in [6.45, 7) is 4.41. The minimum Gasteiger partial charge on any atom is -0.459 e. The second-order valence-corrected chi connectivity index (χ2v) is 6.80. The molecule has 1 atom stereocenters. The molecule has 1 aromatic carbocycles. The summed E-state index contributed by atoms with van der Waals surface area (Å²) >= 11 is 0. The van der Waals surface area contributed by atoms with Crippen LogP contribution >= 0.6 is 0 Å². The maximum atomic E-state index is 12.2. The van der Waals surface area contributed by atoms with Gasteiger partial charge >= 0.3 is 5.97 Å². The topological polar surface area (TPSA) is 26.3 Å². The van der Waals surface area contributed by atoms with Crippen molar-refractivity contribution in [2.75, 3.05) is 0 Å². The van der Waals surface area contributed by atoms with E-state index < -0.39 is 0 Å². The first-order valence-corrected chi connectivity index (χ1v) is 10.0. The Morgan fingerprint density at radius 3 is 1.96 bits per heavy atom. The van der Waals surface area contributed by atoms with Gasteiger partial charge in [0.05, 0.1) is 5.56 Å². The average Bonchev–Trinajstić information content (AvgIpc) is 2.61. The quantitative estimate of drug-likeness (QED) is 0.272. The molecule has 0 saturated heterocycles. The average molecular weight is 333 g/mol. The van der Waals surface area contributed by atoms with Crippen LogP contribution in [-0.4, -0.2) is 12.1 Å². The van der Waals surface area contributed by atoms with E-state index in [-0.39, 0.29) is 12.1 Å². The highest BCUT2D eigenvalue weighted by Crippen LogP contribution is 2.16. The van der Waals surface area contributed by atoms with Gasteiger partial charge in [0.25, 0.3) is 0 Å². The lowest BCUT2D eigenvalue weighted by Crippen LogP contribution is -2.18. The molecule has 1 unspecified atom stereocenters. The SMILES string of the molecule is CCCCCCCCCCCC(CCC)OC(=O)c1ccccc1. The molecule has 0 aliphatic rings. The lowest BCUT2D eigenvalue weighted by Gasteiger charge is -2.17. The fourth-order valence-electron chi connectivity index (χ4n) is 3.06. The van der Waals surface area contributed by atoms with E-state index in [1.165, 1.54) is 57.8 Å². The highest BCUT2D eigenvalue weighted by molar-refractivity contribution is 5.89. The summed E-state index contributed by atoms with van der Waals surface area (Å²) in [6.07, 6.45) is 15.1. The van der Waals surface area contributed by atoms with E-state index in [0.29, 0.717) is 5.56 Å². The molecule has 1 aromatic rings.